The Morgan fingerprint density at radius 3 is 2.33 bits per heavy atom. The lowest BCUT2D eigenvalue weighted by atomic mass is 10.0. The summed E-state index contributed by atoms with van der Waals surface area (Å²) in [5.74, 6) is 0.185. The summed E-state index contributed by atoms with van der Waals surface area (Å²) in [5.41, 5.74) is -0.688. The summed E-state index contributed by atoms with van der Waals surface area (Å²) >= 11 is 17.3. The molecule has 1 aromatic carbocycles. The van der Waals surface area contributed by atoms with Crippen LogP contribution in [0.3, 0.4) is 0 Å². The van der Waals surface area contributed by atoms with Crippen LogP contribution in [0.2, 0.25) is 10.0 Å². The average Bonchev–Trinajstić information content (AvgIpc) is 2.32. The molecule has 1 rings (SSSR count). The number of hydrogen-bond donors (Lipinski definition) is 1. The van der Waals surface area contributed by atoms with Crippen LogP contribution in [-0.4, -0.2) is 19.8 Å². The Morgan fingerprint density at radius 2 is 1.89 bits per heavy atom. The standard InChI is InChI=1S/C11H14Cl3NO2S/c1-3-11(2,7-12)15-18(16,17)8-4-5-9(13)10(14)6-8/h4-6,15H,3,7H2,1-2H3. The van der Waals surface area contributed by atoms with Crippen LogP contribution in [0.15, 0.2) is 23.1 Å². The van der Waals surface area contributed by atoms with Crippen molar-refractivity contribution < 1.29 is 8.42 Å². The Kier molecular flexibility index (Phi) is 5.32. The molecule has 102 valence electrons. The molecule has 0 saturated carbocycles. The molecule has 1 atom stereocenters. The van der Waals surface area contributed by atoms with Gasteiger partial charge in [-0.3, -0.25) is 0 Å². The second-order valence-electron chi connectivity index (χ2n) is 4.23. The third kappa shape index (κ3) is 3.75. The number of alkyl halides is 1. The Balaban J connectivity index is 3.10. The van der Waals surface area contributed by atoms with Gasteiger partial charge in [0.2, 0.25) is 10.0 Å². The first kappa shape index (κ1) is 16.1. The molecule has 0 saturated heterocycles. The topological polar surface area (TPSA) is 46.2 Å². The summed E-state index contributed by atoms with van der Waals surface area (Å²) in [6.45, 7) is 3.61. The van der Waals surface area contributed by atoms with E-state index < -0.39 is 15.6 Å². The highest BCUT2D eigenvalue weighted by atomic mass is 35.5. The molecule has 0 aliphatic heterocycles. The van der Waals surface area contributed by atoms with E-state index in [0.29, 0.717) is 11.4 Å². The highest BCUT2D eigenvalue weighted by Gasteiger charge is 2.28. The van der Waals surface area contributed by atoms with E-state index in [1.807, 2.05) is 6.92 Å². The maximum atomic E-state index is 12.2. The predicted molar refractivity (Wildman–Crippen MR) is 76.2 cm³/mol. The van der Waals surface area contributed by atoms with Gasteiger partial charge in [0, 0.05) is 11.4 Å². The molecule has 1 N–H and O–H groups in total. The Labute approximate surface area is 122 Å². The quantitative estimate of drug-likeness (QED) is 0.837. The fourth-order valence-corrected chi connectivity index (χ4v) is 3.42. The van der Waals surface area contributed by atoms with Crippen LogP contribution < -0.4 is 4.72 Å². The summed E-state index contributed by atoms with van der Waals surface area (Å²) in [5, 5.41) is 0.509. The van der Waals surface area contributed by atoms with Crippen LogP contribution in [0, 0.1) is 0 Å². The molecule has 1 unspecified atom stereocenters. The van der Waals surface area contributed by atoms with Gasteiger partial charge in [0.15, 0.2) is 0 Å². The third-order valence-corrected chi connectivity index (χ3v) is 5.62. The van der Waals surface area contributed by atoms with Crippen LogP contribution in [0.4, 0.5) is 0 Å². The van der Waals surface area contributed by atoms with Gasteiger partial charge in [0.25, 0.3) is 0 Å². The highest BCUT2D eigenvalue weighted by Crippen LogP contribution is 2.26. The number of sulfonamides is 1. The monoisotopic (exact) mass is 329 g/mol. The van der Waals surface area contributed by atoms with E-state index >= 15 is 0 Å². The number of benzene rings is 1. The first-order valence-corrected chi connectivity index (χ1v) is 8.06. The maximum absolute atomic E-state index is 12.2. The molecule has 0 heterocycles. The second kappa shape index (κ2) is 5.97. The van der Waals surface area contributed by atoms with Crippen LogP contribution in [0.5, 0.6) is 0 Å². The Hall–Kier alpha value is -0.000000000000000111. The predicted octanol–water partition coefficient (Wildman–Crippen LogP) is 3.68. The average molecular weight is 331 g/mol. The van der Waals surface area contributed by atoms with E-state index in [9.17, 15) is 8.42 Å². The summed E-state index contributed by atoms with van der Waals surface area (Å²) in [6, 6.07) is 4.17. The summed E-state index contributed by atoms with van der Waals surface area (Å²) < 4.78 is 26.9. The summed E-state index contributed by atoms with van der Waals surface area (Å²) in [7, 11) is -3.66. The van der Waals surface area contributed by atoms with Gasteiger partial charge >= 0.3 is 0 Å². The third-order valence-electron chi connectivity index (χ3n) is 2.66. The lowest BCUT2D eigenvalue weighted by Crippen LogP contribution is -2.46. The lowest BCUT2D eigenvalue weighted by molar-refractivity contribution is 0.444. The molecular formula is C11H14Cl3NO2S. The van der Waals surface area contributed by atoms with Gasteiger partial charge in [-0.2, -0.15) is 0 Å². The van der Waals surface area contributed by atoms with E-state index in [4.69, 9.17) is 34.8 Å². The minimum atomic E-state index is -3.66. The molecule has 0 amide bonds. The smallest absolute Gasteiger partial charge is 0.207 e. The van der Waals surface area contributed by atoms with Crippen molar-refractivity contribution in [2.24, 2.45) is 0 Å². The molecule has 18 heavy (non-hydrogen) atoms. The van der Waals surface area contributed by atoms with E-state index in [1.165, 1.54) is 18.2 Å². The molecule has 1 aromatic rings. The molecule has 0 aromatic heterocycles. The van der Waals surface area contributed by atoms with Crippen molar-refractivity contribution >= 4 is 44.8 Å². The van der Waals surface area contributed by atoms with Crippen molar-refractivity contribution in [1.29, 1.82) is 0 Å². The van der Waals surface area contributed by atoms with E-state index in [0.717, 1.165) is 0 Å². The zero-order valence-electron chi connectivity index (χ0n) is 10.0. The molecule has 0 fully saturated rings. The van der Waals surface area contributed by atoms with Gasteiger partial charge < -0.3 is 0 Å². The van der Waals surface area contributed by atoms with Crippen molar-refractivity contribution in [3.63, 3.8) is 0 Å². The molecule has 3 nitrogen and oxygen atoms in total. The van der Waals surface area contributed by atoms with Gasteiger partial charge in [-0.05, 0) is 31.5 Å². The second-order valence-corrected chi connectivity index (χ2v) is 6.99. The molecule has 0 aliphatic carbocycles. The molecule has 0 aliphatic rings. The largest absolute Gasteiger partial charge is 0.241 e. The zero-order valence-corrected chi connectivity index (χ0v) is 13.1. The highest BCUT2D eigenvalue weighted by molar-refractivity contribution is 7.89. The van der Waals surface area contributed by atoms with Crippen molar-refractivity contribution in [2.45, 2.75) is 30.7 Å². The van der Waals surface area contributed by atoms with Crippen molar-refractivity contribution in [2.75, 3.05) is 5.88 Å². The minimum absolute atomic E-state index is 0.0710. The SMILES string of the molecule is CCC(C)(CCl)NS(=O)(=O)c1ccc(Cl)c(Cl)c1. The van der Waals surface area contributed by atoms with Gasteiger partial charge in [-0.25, -0.2) is 13.1 Å². The van der Waals surface area contributed by atoms with Crippen molar-refractivity contribution in [3.8, 4) is 0 Å². The molecule has 7 heteroatoms. The van der Waals surface area contributed by atoms with E-state index in [1.54, 1.807) is 6.92 Å². The summed E-state index contributed by atoms with van der Waals surface area (Å²) in [6.07, 6.45) is 0.580. The van der Waals surface area contributed by atoms with Crippen molar-refractivity contribution in [3.05, 3.63) is 28.2 Å². The molecule has 0 bridgehead atoms. The first-order chi connectivity index (χ1) is 8.24. The number of rotatable bonds is 5. The molecular weight excluding hydrogens is 317 g/mol. The fourth-order valence-electron chi connectivity index (χ4n) is 1.22. The number of halogens is 3. The van der Waals surface area contributed by atoms with Gasteiger partial charge in [0.1, 0.15) is 0 Å². The van der Waals surface area contributed by atoms with E-state index in [2.05, 4.69) is 4.72 Å². The Morgan fingerprint density at radius 1 is 1.28 bits per heavy atom. The van der Waals surface area contributed by atoms with Gasteiger partial charge in [-0.15, -0.1) is 11.6 Å². The fraction of sp³-hybridized carbons (Fsp3) is 0.455. The van der Waals surface area contributed by atoms with Crippen LogP contribution in [0.25, 0.3) is 0 Å². The van der Waals surface area contributed by atoms with Crippen LogP contribution in [0.1, 0.15) is 20.3 Å². The molecule has 0 radical (unpaired) electrons. The Bertz CT molecular complexity index is 527. The van der Waals surface area contributed by atoms with Crippen LogP contribution >= 0.6 is 34.8 Å². The van der Waals surface area contributed by atoms with Crippen LogP contribution in [-0.2, 0) is 10.0 Å². The minimum Gasteiger partial charge on any atom is -0.207 e. The molecule has 0 spiro atoms. The number of nitrogens with one attached hydrogen (secondary N) is 1. The first-order valence-electron chi connectivity index (χ1n) is 5.29. The maximum Gasteiger partial charge on any atom is 0.241 e. The number of hydrogen-bond acceptors (Lipinski definition) is 2. The van der Waals surface area contributed by atoms with E-state index in [-0.39, 0.29) is 15.8 Å². The normalized spacial score (nSPS) is 15.4. The van der Waals surface area contributed by atoms with Crippen molar-refractivity contribution in [1.82, 2.24) is 4.72 Å². The summed E-state index contributed by atoms with van der Waals surface area (Å²) in [4.78, 5) is 0.0710. The zero-order chi connectivity index (χ0) is 14.0. The lowest BCUT2D eigenvalue weighted by Gasteiger charge is -2.26. The van der Waals surface area contributed by atoms with Gasteiger partial charge in [-0.1, -0.05) is 30.1 Å². The van der Waals surface area contributed by atoms with Gasteiger partial charge in [0.05, 0.1) is 14.9 Å².